The molecule has 0 aliphatic carbocycles. The van der Waals surface area contributed by atoms with Gasteiger partial charge in [-0.3, -0.25) is 4.79 Å². The molecule has 0 atom stereocenters. The highest BCUT2D eigenvalue weighted by Gasteiger charge is 2.09. The number of hydrogen-bond acceptors (Lipinski definition) is 4. The molecule has 0 bridgehead atoms. The van der Waals surface area contributed by atoms with Crippen LogP contribution in [0.3, 0.4) is 0 Å². The Balaban J connectivity index is 2.00. The first-order valence-corrected chi connectivity index (χ1v) is 8.35. The van der Waals surface area contributed by atoms with E-state index >= 15 is 0 Å². The van der Waals surface area contributed by atoms with E-state index in [9.17, 15) is 9.59 Å². The van der Waals surface area contributed by atoms with E-state index < -0.39 is 0 Å². The Labute approximate surface area is 153 Å². The van der Waals surface area contributed by atoms with Gasteiger partial charge in [-0.2, -0.15) is 0 Å². The lowest BCUT2D eigenvalue weighted by molar-refractivity contribution is -0.126. The fourth-order valence-electron chi connectivity index (χ4n) is 2.42. The van der Waals surface area contributed by atoms with Gasteiger partial charge in [-0.1, -0.05) is 24.3 Å². The average molecular weight is 353 g/mol. The molecule has 2 rings (SSSR count). The van der Waals surface area contributed by atoms with Gasteiger partial charge in [-0.25, -0.2) is 4.79 Å². The molecule has 0 fully saturated rings. The summed E-state index contributed by atoms with van der Waals surface area (Å²) in [6, 6.07) is 14.5. The second-order valence-electron chi connectivity index (χ2n) is 5.65. The van der Waals surface area contributed by atoms with Crippen molar-refractivity contribution in [1.29, 1.82) is 0 Å². The third-order valence-corrected chi connectivity index (χ3v) is 3.98. The van der Waals surface area contributed by atoms with Gasteiger partial charge in [0.2, 0.25) is 5.91 Å². The molecule has 0 unspecified atom stereocenters. The number of methoxy groups -OCH3 is 2. The fraction of sp³-hybridized carbons (Fsp3) is 0.238. The summed E-state index contributed by atoms with van der Waals surface area (Å²) in [4.78, 5) is 25.6. The predicted octanol–water partition coefficient (Wildman–Crippen LogP) is 3.54. The summed E-state index contributed by atoms with van der Waals surface area (Å²) in [5, 5.41) is 0. The zero-order valence-electron chi connectivity index (χ0n) is 15.3. The zero-order chi connectivity index (χ0) is 18.9. The minimum absolute atomic E-state index is 0.0691. The number of likely N-dealkylation sites (N-methyl/N-ethyl adjacent to an activating group) is 1. The number of ether oxygens (including phenoxy) is 2. The number of amides is 1. The van der Waals surface area contributed by atoms with Crippen molar-refractivity contribution in [2.75, 3.05) is 20.8 Å². The average Bonchev–Trinajstić information content (AvgIpc) is 2.70. The monoisotopic (exact) mass is 353 g/mol. The van der Waals surface area contributed by atoms with Crippen LogP contribution in [0.25, 0.3) is 6.08 Å². The van der Waals surface area contributed by atoms with Crippen LogP contribution in [0, 0.1) is 0 Å². The molecule has 5 nitrogen and oxygen atoms in total. The van der Waals surface area contributed by atoms with Crippen molar-refractivity contribution in [2.45, 2.75) is 13.5 Å². The normalized spacial score (nSPS) is 10.6. The highest BCUT2D eigenvalue weighted by atomic mass is 16.5. The third-order valence-electron chi connectivity index (χ3n) is 3.98. The molecule has 1 amide bonds. The molecule has 2 aromatic rings. The molecular formula is C21H23NO4. The molecule has 0 aliphatic heterocycles. The summed E-state index contributed by atoms with van der Waals surface area (Å²) in [7, 11) is 2.97. The van der Waals surface area contributed by atoms with Gasteiger partial charge in [-0.05, 0) is 48.4 Å². The van der Waals surface area contributed by atoms with Crippen molar-refractivity contribution in [2.24, 2.45) is 0 Å². The van der Waals surface area contributed by atoms with Gasteiger partial charge in [0.25, 0.3) is 0 Å². The Kier molecular flexibility index (Phi) is 6.97. The van der Waals surface area contributed by atoms with Crippen molar-refractivity contribution in [3.05, 3.63) is 71.3 Å². The van der Waals surface area contributed by atoms with E-state index in [0.717, 1.165) is 16.9 Å². The van der Waals surface area contributed by atoms with E-state index in [1.807, 2.05) is 31.2 Å². The van der Waals surface area contributed by atoms with E-state index in [4.69, 9.17) is 4.74 Å². The largest absolute Gasteiger partial charge is 0.497 e. The van der Waals surface area contributed by atoms with Crippen LogP contribution in [0.4, 0.5) is 0 Å². The summed E-state index contributed by atoms with van der Waals surface area (Å²) in [6.45, 7) is 3.09. The molecule has 0 saturated heterocycles. The predicted molar refractivity (Wildman–Crippen MR) is 101 cm³/mol. The van der Waals surface area contributed by atoms with E-state index in [0.29, 0.717) is 18.7 Å². The third kappa shape index (κ3) is 5.21. The van der Waals surface area contributed by atoms with Crippen LogP contribution in [0.1, 0.15) is 28.4 Å². The smallest absolute Gasteiger partial charge is 0.337 e. The molecule has 2 aromatic carbocycles. The lowest BCUT2D eigenvalue weighted by Crippen LogP contribution is -2.28. The number of esters is 1. The number of nitrogens with zero attached hydrogens (tertiary/aromatic N) is 1. The Morgan fingerprint density at radius 3 is 2.19 bits per heavy atom. The van der Waals surface area contributed by atoms with Crippen LogP contribution in [0.2, 0.25) is 0 Å². The fourth-order valence-corrected chi connectivity index (χ4v) is 2.42. The van der Waals surface area contributed by atoms with E-state index in [1.165, 1.54) is 7.11 Å². The summed E-state index contributed by atoms with van der Waals surface area (Å²) < 4.78 is 9.81. The second kappa shape index (κ2) is 9.42. The maximum atomic E-state index is 12.4. The number of rotatable bonds is 7. The Hall–Kier alpha value is -3.08. The van der Waals surface area contributed by atoms with Gasteiger partial charge in [0.05, 0.1) is 19.8 Å². The minimum atomic E-state index is -0.381. The van der Waals surface area contributed by atoms with Gasteiger partial charge in [-0.15, -0.1) is 0 Å². The first-order chi connectivity index (χ1) is 12.6. The number of carbonyl (C=O) groups excluding carboxylic acids is 2. The zero-order valence-corrected chi connectivity index (χ0v) is 15.3. The number of carbonyl (C=O) groups is 2. The van der Waals surface area contributed by atoms with Crippen LogP contribution >= 0.6 is 0 Å². The van der Waals surface area contributed by atoms with Crippen LogP contribution in [-0.2, 0) is 16.1 Å². The molecule has 0 saturated carbocycles. The second-order valence-corrected chi connectivity index (χ2v) is 5.65. The molecule has 0 heterocycles. The van der Waals surface area contributed by atoms with Gasteiger partial charge in [0.1, 0.15) is 5.75 Å². The van der Waals surface area contributed by atoms with Gasteiger partial charge in [0.15, 0.2) is 0 Å². The highest BCUT2D eigenvalue weighted by Crippen LogP contribution is 2.14. The summed E-state index contributed by atoms with van der Waals surface area (Å²) >= 11 is 0. The lowest BCUT2D eigenvalue weighted by Gasteiger charge is -2.19. The first-order valence-electron chi connectivity index (χ1n) is 8.35. The van der Waals surface area contributed by atoms with Crippen molar-refractivity contribution in [3.8, 4) is 5.75 Å². The van der Waals surface area contributed by atoms with Crippen molar-refractivity contribution >= 4 is 18.0 Å². The Morgan fingerprint density at radius 2 is 1.65 bits per heavy atom. The maximum Gasteiger partial charge on any atom is 0.337 e. The number of hydrogen-bond donors (Lipinski definition) is 0. The molecule has 136 valence electrons. The van der Waals surface area contributed by atoms with Crippen molar-refractivity contribution < 1.29 is 19.1 Å². The lowest BCUT2D eigenvalue weighted by atomic mass is 10.1. The van der Waals surface area contributed by atoms with Crippen LogP contribution in [0.15, 0.2) is 54.6 Å². The number of benzene rings is 2. The molecule has 0 aliphatic rings. The standard InChI is InChI=1S/C21H23NO4/c1-4-22(15-17-7-12-19(25-2)13-8-17)20(23)14-9-16-5-10-18(11-6-16)21(24)26-3/h5-14H,4,15H2,1-3H3/b14-9+. The van der Waals surface area contributed by atoms with E-state index in [-0.39, 0.29) is 11.9 Å². The topological polar surface area (TPSA) is 55.8 Å². The van der Waals surface area contributed by atoms with Gasteiger partial charge >= 0.3 is 5.97 Å². The summed E-state index contributed by atoms with van der Waals surface area (Å²) in [5.41, 5.74) is 2.36. The Morgan fingerprint density at radius 1 is 1.00 bits per heavy atom. The highest BCUT2D eigenvalue weighted by molar-refractivity contribution is 5.92. The minimum Gasteiger partial charge on any atom is -0.497 e. The molecular weight excluding hydrogens is 330 g/mol. The summed E-state index contributed by atoms with van der Waals surface area (Å²) in [5.74, 6) is 0.340. The van der Waals surface area contributed by atoms with Crippen molar-refractivity contribution in [1.82, 2.24) is 4.90 Å². The van der Waals surface area contributed by atoms with Crippen LogP contribution < -0.4 is 4.74 Å². The van der Waals surface area contributed by atoms with Crippen LogP contribution in [0.5, 0.6) is 5.75 Å². The van der Waals surface area contributed by atoms with Gasteiger partial charge < -0.3 is 14.4 Å². The molecule has 0 spiro atoms. The quantitative estimate of drug-likeness (QED) is 0.564. The molecule has 0 N–H and O–H groups in total. The van der Waals surface area contributed by atoms with Crippen LogP contribution in [-0.4, -0.2) is 37.5 Å². The first kappa shape index (κ1) is 19.2. The van der Waals surface area contributed by atoms with E-state index in [2.05, 4.69) is 4.74 Å². The molecule has 5 heteroatoms. The van der Waals surface area contributed by atoms with Crippen molar-refractivity contribution in [3.63, 3.8) is 0 Å². The summed E-state index contributed by atoms with van der Waals surface area (Å²) in [6.07, 6.45) is 3.28. The molecule has 0 aromatic heterocycles. The van der Waals surface area contributed by atoms with Gasteiger partial charge in [0, 0.05) is 19.2 Å². The maximum absolute atomic E-state index is 12.4. The van der Waals surface area contributed by atoms with E-state index in [1.54, 1.807) is 48.4 Å². The Bertz CT molecular complexity index is 764. The molecule has 0 radical (unpaired) electrons. The molecule has 26 heavy (non-hydrogen) atoms. The SMILES string of the molecule is CCN(Cc1ccc(OC)cc1)C(=O)/C=C/c1ccc(C(=O)OC)cc1.